The average molecular weight is 481 g/mol. The molecule has 0 atom stereocenters. The van der Waals surface area contributed by atoms with Crippen molar-refractivity contribution in [2.75, 3.05) is 11.9 Å². The Labute approximate surface area is 168 Å². The van der Waals surface area contributed by atoms with E-state index in [2.05, 4.69) is 32.9 Å². The highest BCUT2D eigenvalue weighted by Gasteiger charge is 2.14. The van der Waals surface area contributed by atoms with E-state index in [1.165, 1.54) is 6.92 Å². The van der Waals surface area contributed by atoms with Gasteiger partial charge in [-0.1, -0.05) is 23.7 Å². The maximum Gasteiger partial charge on any atom is 0.262 e. The third-order valence-electron chi connectivity index (χ3n) is 3.65. The van der Waals surface area contributed by atoms with Gasteiger partial charge in [-0.15, -0.1) is 0 Å². The van der Waals surface area contributed by atoms with Crippen molar-refractivity contribution in [3.63, 3.8) is 0 Å². The zero-order valence-corrected chi connectivity index (χ0v) is 16.7. The highest BCUT2D eigenvalue weighted by molar-refractivity contribution is 14.1. The number of nitrogens with one attached hydrogen (secondary N) is 1. The quantitative estimate of drug-likeness (QED) is 0.424. The summed E-state index contributed by atoms with van der Waals surface area (Å²) in [6.07, 6.45) is 1.65. The lowest BCUT2D eigenvalue weighted by atomic mass is 10.1. The molecular weight excluding hydrogens is 467 g/mol. The Balaban J connectivity index is 1.75. The molecule has 0 radical (unpaired) electrons. The molecule has 0 unspecified atom stereocenters. The smallest absolute Gasteiger partial charge is 0.262 e. The predicted molar refractivity (Wildman–Crippen MR) is 110 cm³/mol. The van der Waals surface area contributed by atoms with Gasteiger partial charge in [0.25, 0.3) is 5.91 Å². The molecule has 3 aromatic rings. The van der Waals surface area contributed by atoms with E-state index in [9.17, 15) is 9.59 Å². The summed E-state index contributed by atoms with van der Waals surface area (Å²) in [6.45, 7) is 1.29. The molecule has 0 aliphatic rings. The Morgan fingerprint density at radius 1 is 1.23 bits per heavy atom. The molecule has 26 heavy (non-hydrogen) atoms. The molecule has 0 aliphatic heterocycles. The van der Waals surface area contributed by atoms with Crippen LogP contribution in [0.5, 0.6) is 5.75 Å². The Hall–Kier alpha value is -2.19. The van der Waals surface area contributed by atoms with Crippen LogP contribution in [0.3, 0.4) is 0 Å². The van der Waals surface area contributed by atoms with Crippen molar-refractivity contribution in [3.05, 3.63) is 62.8 Å². The molecule has 3 rings (SSSR count). The minimum absolute atomic E-state index is 0.0642. The van der Waals surface area contributed by atoms with Gasteiger partial charge in [0.2, 0.25) is 0 Å². The molecule has 0 saturated heterocycles. The van der Waals surface area contributed by atoms with Crippen LogP contribution >= 0.6 is 34.2 Å². The van der Waals surface area contributed by atoms with Crippen LogP contribution in [0.1, 0.15) is 17.3 Å². The van der Waals surface area contributed by atoms with Crippen LogP contribution in [0, 0.1) is 3.57 Å². The molecule has 1 aromatic heterocycles. The zero-order chi connectivity index (χ0) is 18.7. The third kappa shape index (κ3) is 4.13. The monoisotopic (exact) mass is 480 g/mol. The number of ketones is 1. The van der Waals surface area contributed by atoms with E-state index >= 15 is 0 Å². The molecule has 1 N–H and O–H groups in total. The molecule has 0 saturated carbocycles. The van der Waals surface area contributed by atoms with Gasteiger partial charge < -0.3 is 10.1 Å². The first-order chi connectivity index (χ1) is 12.5. The number of hydrogen-bond donors (Lipinski definition) is 1. The number of carbonyl (C=O) groups excluding carboxylic acids is 2. The summed E-state index contributed by atoms with van der Waals surface area (Å²) in [5.74, 6) is 0.115. The van der Waals surface area contributed by atoms with Crippen molar-refractivity contribution in [2.24, 2.45) is 0 Å². The first-order valence-electron chi connectivity index (χ1n) is 7.72. The summed E-state index contributed by atoms with van der Waals surface area (Å²) >= 11 is 8.33. The summed E-state index contributed by atoms with van der Waals surface area (Å²) in [7, 11) is 0. The van der Waals surface area contributed by atoms with Crippen LogP contribution in [-0.4, -0.2) is 23.3 Å². The summed E-state index contributed by atoms with van der Waals surface area (Å²) < 4.78 is 6.48. The van der Waals surface area contributed by atoms with Crippen molar-refractivity contribution >= 4 is 62.5 Å². The van der Waals surface area contributed by atoms with Crippen molar-refractivity contribution in [2.45, 2.75) is 6.92 Å². The fraction of sp³-hybridized carbons (Fsp3) is 0.105. The highest BCUT2D eigenvalue weighted by Crippen LogP contribution is 2.34. The molecule has 1 heterocycles. The van der Waals surface area contributed by atoms with Gasteiger partial charge in [0, 0.05) is 22.8 Å². The number of halogens is 2. The maximum atomic E-state index is 12.2. The number of nitrogens with zero attached hydrogens (tertiary/aromatic N) is 1. The first-order valence-corrected chi connectivity index (χ1v) is 9.18. The van der Waals surface area contributed by atoms with E-state index < -0.39 is 0 Å². The number of rotatable bonds is 5. The number of carbonyl (C=O) groups is 2. The van der Waals surface area contributed by atoms with Gasteiger partial charge >= 0.3 is 0 Å². The minimum Gasteiger partial charge on any atom is -0.480 e. The molecule has 0 bridgehead atoms. The fourth-order valence-electron chi connectivity index (χ4n) is 2.43. The SMILES string of the molecule is CC(=O)c1cccc(NC(=O)COc2c(I)cc(Cl)c3cccnc23)c1. The number of pyridine rings is 1. The minimum atomic E-state index is -0.333. The highest BCUT2D eigenvalue weighted by atomic mass is 127. The Morgan fingerprint density at radius 3 is 2.81 bits per heavy atom. The molecule has 0 spiro atoms. The van der Waals surface area contributed by atoms with Gasteiger partial charge in [0.05, 0.1) is 8.59 Å². The number of Topliss-reactive ketones (excluding diaryl/α,β-unsaturated/α-hetero) is 1. The van der Waals surface area contributed by atoms with Crippen LogP contribution in [0.25, 0.3) is 10.9 Å². The molecule has 2 aromatic carbocycles. The molecule has 7 heteroatoms. The average Bonchev–Trinajstić information content (AvgIpc) is 2.61. The predicted octanol–water partition coefficient (Wildman–Crippen LogP) is 4.71. The maximum absolute atomic E-state index is 12.2. The number of aromatic nitrogens is 1. The Bertz CT molecular complexity index is 1010. The standard InChI is InChI=1S/C19H14ClIN2O3/c1-11(24)12-4-2-5-13(8-12)23-17(25)10-26-19-16(21)9-15(20)14-6-3-7-22-18(14)19/h2-9H,10H2,1H3,(H,23,25). The second kappa shape index (κ2) is 8.01. The zero-order valence-electron chi connectivity index (χ0n) is 13.8. The number of benzene rings is 2. The molecule has 0 aliphatic carbocycles. The van der Waals surface area contributed by atoms with Crippen molar-refractivity contribution in [1.82, 2.24) is 4.98 Å². The van der Waals surface area contributed by atoms with Gasteiger partial charge in [-0.2, -0.15) is 0 Å². The number of anilines is 1. The van der Waals surface area contributed by atoms with Crippen LogP contribution in [-0.2, 0) is 4.79 Å². The Morgan fingerprint density at radius 2 is 2.04 bits per heavy atom. The van der Waals surface area contributed by atoms with E-state index in [-0.39, 0.29) is 18.3 Å². The topological polar surface area (TPSA) is 68.3 Å². The van der Waals surface area contributed by atoms with Gasteiger partial charge in [-0.05, 0) is 59.8 Å². The molecule has 132 valence electrons. The summed E-state index contributed by atoms with van der Waals surface area (Å²) in [6, 6.07) is 12.2. The van der Waals surface area contributed by atoms with E-state index in [4.69, 9.17) is 16.3 Å². The normalized spacial score (nSPS) is 10.6. The van der Waals surface area contributed by atoms with Crippen LogP contribution in [0.15, 0.2) is 48.7 Å². The van der Waals surface area contributed by atoms with Gasteiger partial charge in [0.15, 0.2) is 18.1 Å². The molecule has 1 amide bonds. The van der Waals surface area contributed by atoms with Crippen LogP contribution in [0.2, 0.25) is 5.02 Å². The fourth-order valence-corrected chi connectivity index (χ4v) is 3.60. The third-order valence-corrected chi connectivity index (χ3v) is 4.76. The molecular formula is C19H14ClIN2O3. The van der Waals surface area contributed by atoms with Crippen molar-refractivity contribution in [1.29, 1.82) is 0 Å². The van der Waals surface area contributed by atoms with Crippen molar-refractivity contribution in [3.8, 4) is 5.75 Å². The molecule has 0 fully saturated rings. The van der Waals surface area contributed by atoms with Gasteiger partial charge in [-0.3, -0.25) is 14.6 Å². The van der Waals surface area contributed by atoms with Crippen LogP contribution in [0.4, 0.5) is 5.69 Å². The summed E-state index contributed by atoms with van der Waals surface area (Å²) in [4.78, 5) is 28.0. The second-order valence-electron chi connectivity index (χ2n) is 5.54. The van der Waals surface area contributed by atoms with Gasteiger partial charge in [-0.25, -0.2) is 0 Å². The van der Waals surface area contributed by atoms with E-state index in [1.807, 2.05) is 6.07 Å². The summed E-state index contributed by atoms with van der Waals surface area (Å²) in [5.41, 5.74) is 1.68. The lowest BCUT2D eigenvalue weighted by molar-refractivity contribution is -0.118. The van der Waals surface area contributed by atoms with Gasteiger partial charge in [0.1, 0.15) is 5.52 Å². The number of fused-ring (bicyclic) bond motifs is 1. The van der Waals surface area contributed by atoms with Crippen molar-refractivity contribution < 1.29 is 14.3 Å². The number of ether oxygens (including phenoxy) is 1. The lowest BCUT2D eigenvalue weighted by Crippen LogP contribution is -2.20. The molecule has 5 nitrogen and oxygen atoms in total. The van der Waals surface area contributed by atoms with E-state index in [0.29, 0.717) is 27.5 Å². The van der Waals surface area contributed by atoms with Crippen LogP contribution < -0.4 is 10.1 Å². The Kier molecular flexibility index (Phi) is 5.73. The lowest BCUT2D eigenvalue weighted by Gasteiger charge is -2.12. The largest absolute Gasteiger partial charge is 0.480 e. The number of hydrogen-bond acceptors (Lipinski definition) is 4. The second-order valence-corrected chi connectivity index (χ2v) is 7.11. The summed E-state index contributed by atoms with van der Waals surface area (Å²) in [5, 5.41) is 4.06. The first kappa shape index (κ1) is 18.6. The number of amides is 1. The van der Waals surface area contributed by atoms with E-state index in [1.54, 1.807) is 42.6 Å². The van der Waals surface area contributed by atoms with E-state index in [0.717, 1.165) is 8.96 Å².